The van der Waals surface area contributed by atoms with Gasteiger partial charge in [0.05, 0.1) is 0 Å². The van der Waals surface area contributed by atoms with Gasteiger partial charge < -0.3 is 15.1 Å². The molecule has 4 nitrogen and oxygen atoms in total. The Hall–Kier alpha value is -0.810. The fraction of sp³-hybridized carbons (Fsp3) is 0.611. The summed E-state index contributed by atoms with van der Waals surface area (Å²) in [5.41, 5.74) is 1.28. The molecule has 1 aliphatic heterocycles. The lowest BCUT2D eigenvalue weighted by molar-refractivity contribution is -0.132. The Bertz CT molecular complexity index is 503. The van der Waals surface area contributed by atoms with E-state index in [-0.39, 0.29) is 18.3 Å². The molecule has 6 heteroatoms. The van der Waals surface area contributed by atoms with E-state index in [0.717, 1.165) is 37.7 Å². The summed E-state index contributed by atoms with van der Waals surface area (Å²) in [4.78, 5) is 16.5. The van der Waals surface area contributed by atoms with E-state index in [0.29, 0.717) is 18.4 Å². The molecular weight excluding hydrogens is 345 g/mol. The molecule has 2 unspecified atom stereocenters. The molecule has 1 aromatic rings. The Morgan fingerprint density at radius 1 is 1.25 bits per heavy atom. The van der Waals surface area contributed by atoms with Crippen LogP contribution >= 0.6 is 24.0 Å². The maximum absolute atomic E-state index is 12.3. The number of nitrogens with zero attached hydrogens (tertiary/aromatic N) is 2. The van der Waals surface area contributed by atoms with E-state index in [2.05, 4.69) is 43.2 Å². The fourth-order valence-corrected chi connectivity index (χ4v) is 3.10. The Balaban J connectivity index is 0.00000288. The van der Waals surface area contributed by atoms with Crippen LogP contribution in [0.3, 0.4) is 0 Å². The summed E-state index contributed by atoms with van der Waals surface area (Å²) in [5, 5.41) is 4.04. The molecule has 0 aliphatic carbocycles. The molecule has 2 rings (SSSR count). The molecule has 0 spiro atoms. The summed E-state index contributed by atoms with van der Waals surface area (Å²) < 4.78 is 0. The molecule has 2 atom stereocenters. The van der Waals surface area contributed by atoms with Gasteiger partial charge in [0.15, 0.2) is 0 Å². The number of carbonyl (C=O) groups is 1. The van der Waals surface area contributed by atoms with Crippen molar-refractivity contribution in [3.05, 3.63) is 34.9 Å². The van der Waals surface area contributed by atoms with Crippen molar-refractivity contribution in [3.8, 4) is 0 Å². The molecule has 0 aromatic heterocycles. The first-order chi connectivity index (χ1) is 11.0. The number of hydrogen-bond acceptors (Lipinski definition) is 3. The third-order valence-corrected chi connectivity index (χ3v) is 5.21. The van der Waals surface area contributed by atoms with Crippen LogP contribution < -0.4 is 5.32 Å². The Labute approximate surface area is 156 Å². The summed E-state index contributed by atoms with van der Waals surface area (Å²) in [7, 11) is 2.10. The molecule has 24 heavy (non-hydrogen) atoms. The molecule has 0 bridgehead atoms. The van der Waals surface area contributed by atoms with E-state index in [9.17, 15) is 4.79 Å². The Morgan fingerprint density at radius 2 is 1.83 bits per heavy atom. The molecule has 1 fully saturated rings. The topological polar surface area (TPSA) is 35.6 Å². The predicted molar refractivity (Wildman–Crippen MR) is 103 cm³/mol. The van der Waals surface area contributed by atoms with Crippen LogP contribution in [0.4, 0.5) is 0 Å². The number of piperazine rings is 1. The van der Waals surface area contributed by atoms with Crippen LogP contribution in [-0.2, 0) is 4.79 Å². The number of amides is 1. The zero-order valence-corrected chi connectivity index (χ0v) is 16.4. The van der Waals surface area contributed by atoms with Crippen LogP contribution in [-0.4, -0.2) is 61.5 Å². The Kier molecular flexibility index (Phi) is 9.06. The third-order valence-electron chi connectivity index (χ3n) is 4.96. The Morgan fingerprint density at radius 3 is 2.42 bits per heavy atom. The highest BCUT2D eigenvalue weighted by atomic mass is 35.5. The van der Waals surface area contributed by atoms with Gasteiger partial charge >= 0.3 is 0 Å². The van der Waals surface area contributed by atoms with Crippen LogP contribution in [0.25, 0.3) is 0 Å². The first-order valence-electron chi connectivity index (χ1n) is 8.43. The number of likely N-dealkylation sites (N-methyl/N-ethyl adjacent to an activating group) is 1. The van der Waals surface area contributed by atoms with E-state index in [1.165, 1.54) is 5.56 Å². The second-order valence-electron chi connectivity index (χ2n) is 6.44. The van der Waals surface area contributed by atoms with Gasteiger partial charge in [-0.15, -0.1) is 12.4 Å². The van der Waals surface area contributed by atoms with Gasteiger partial charge in [-0.05, 0) is 37.6 Å². The minimum Gasteiger partial charge on any atom is -0.340 e. The first kappa shape index (κ1) is 21.2. The van der Waals surface area contributed by atoms with E-state index >= 15 is 0 Å². The first-order valence-corrected chi connectivity index (χ1v) is 8.81. The molecule has 1 aromatic carbocycles. The zero-order valence-electron chi connectivity index (χ0n) is 14.8. The van der Waals surface area contributed by atoms with Crippen molar-refractivity contribution in [1.29, 1.82) is 0 Å². The van der Waals surface area contributed by atoms with Crippen molar-refractivity contribution in [2.45, 2.75) is 32.2 Å². The SMILES string of the molecule is CC(c1ccc(Cl)cc1)C(C)N(C)CCC(=O)N1CCNCC1.Cl. The molecule has 1 heterocycles. The highest BCUT2D eigenvalue weighted by molar-refractivity contribution is 6.30. The minimum atomic E-state index is 0. The molecule has 0 saturated carbocycles. The van der Waals surface area contributed by atoms with Crippen molar-refractivity contribution in [1.82, 2.24) is 15.1 Å². The second kappa shape index (κ2) is 10.2. The quantitative estimate of drug-likeness (QED) is 0.832. The average molecular weight is 374 g/mol. The van der Waals surface area contributed by atoms with E-state index in [1.807, 2.05) is 17.0 Å². The van der Waals surface area contributed by atoms with Crippen molar-refractivity contribution < 1.29 is 4.79 Å². The smallest absolute Gasteiger partial charge is 0.223 e. The number of halogens is 2. The van der Waals surface area contributed by atoms with E-state index in [4.69, 9.17) is 11.6 Å². The van der Waals surface area contributed by atoms with E-state index in [1.54, 1.807) is 0 Å². The van der Waals surface area contributed by atoms with Gasteiger partial charge in [0.2, 0.25) is 5.91 Å². The fourth-order valence-electron chi connectivity index (χ4n) is 2.97. The van der Waals surface area contributed by atoms with Gasteiger partial charge in [-0.2, -0.15) is 0 Å². The van der Waals surface area contributed by atoms with Crippen LogP contribution in [0.1, 0.15) is 31.7 Å². The van der Waals surface area contributed by atoms with Crippen molar-refractivity contribution in [2.24, 2.45) is 0 Å². The third kappa shape index (κ3) is 5.92. The van der Waals surface area contributed by atoms with Gasteiger partial charge in [-0.25, -0.2) is 0 Å². The van der Waals surface area contributed by atoms with Gasteiger partial charge in [0, 0.05) is 50.2 Å². The predicted octanol–water partition coefficient (Wildman–Crippen LogP) is 3.01. The summed E-state index contributed by atoms with van der Waals surface area (Å²) in [6.45, 7) is 8.72. The van der Waals surface area contributed by atoms with Crippen LogP contribution in [0.5, 0.6) is 0 Å². The lowest BCUT2D eigenvalue weighted by Gasteiger charge is -2.32. The average Bonchev–Trinajstić information content (AvgIpc) is 2.59. The summed E-state index contributed by atoms with van der Waals surface area (Å²) in [6, 6.07) is 8.42. The largest absolute Gasteiger partial charge is 0.340 e. The maximum Gasteiger partial charge on any atom is 0.223 e. The number of benzene rings is 1. The molecule has 1 saturated heterocycles. The highest BCUT2D eigenvalue weighted by Gasteiger charge is 2.21. The minimum absolute atomic E-state index is 0. The van der Waals surface area contributed by atoms with Gasteiger partial charge in [-0.1, -0.05) is 30.7 Å². The van der Waals surface area contributed by atoms with Crippen LogP contribution in [0.15, 0.2) is 24.3 Å². The lowest BCUT2D eigenvalue weighted by atomic mass is 9.93. The zero-order chi connectivity index (χ0) is 16.8. The molecule has 136 valence electrons. The van der Waals surface area contributed by atoms with Gasteiger partial charge in [0.25, 0.3) is 0 Å². The second-order valence-corrected chi connectivity index (χ2v) is 6.88. The molecule has 1 N–H and O–H groups in total. The van der Waals surface area contributed by atoms with Gasteiger partial charge in [-0.3, -0.25) is 4.79 Å². The molecule has 0 radical (unpaired) electrons. The lowest BCUT2D eigenvalue weighted by Crippen LogP contribution is -2.47. The number of nitrogens with one attached hydrogen (secondary N) is 1. The normalized spacial score (nSPS) is 17.3. The highest BCUT2D eigenvalue weighted by Crippen LogP contribution is 2.24. The van der Waals surface area contributed by atoms with Crippen LogP contribution in [0.2, 0.25) is 5.02 Å². The van der Waals surface area contributed by atoms with E-state index < -0.39 is 0 Å². The maximum atomic E-state index is 12.3. The summed E-state index contributed by atoms with van der Waals surface area (Å²) in [6.07, 6.45) is 0.591. The molecule has 1 amide bonds. The van der Waals surface area contributed by atoms with Crippen molar-refractivity contribution in [2.75, 3.05) is 39.8 Å². The van der Waals surface area contributed by atoms with Crippen molar-refractivity contribution >= 4 is 29.9 Å². The van der Waals surface area contributed by atoms with Crippen molar-refractivity contribution in [3.63, 3.8) is 0 Å². The number of hydrogen-bond donors (Lipinski definition) is 1. The standard InChI is InChI=1S/C18H28ClN3O.ClH/c1-14(16-4-6-17(19)7-5-16)15(2)21(3)11-8-18(23)22-12-9-20-10-13-22;/h4-7,14-15,20H,8-13H2,1-3H3;1H. The van der Waals surface area contributed by atoms with Crippen LogP contribution in [0, 0.1) is 0 Å². The summed E-state index contributed by atoms with van der Waals surface area (Å²) >= 11 is 5.96. The van der Waals surface area contributed by atoms with Gasteiger partial charge in [0.1, 0.15) is 0 Å². The molecular formula is C18H29Cl2N3O. The number of carbonyl (C=O) groups excluding carboxylic acids is 1. The summed E-state index contributed by atoms with van der Waals surface area (Å²) in [5.74, 6) is 0.663. The number of rotatable bonds is 6. The monoisotopic (exact) mass is 373 g/mol. The molecule has 1 aliphatic rings.